The molecule has 4 atom stereocenters. The summed E-state index contributed by atoms with van der Waals surface area (Å²) in [4.78, 5) is 16.5. The molecule has 4 nitrogen and oxygen atoms in total. The van der Waals surface area contributed by atoms with Crippen molar-refractivity contribution >= 4 is 30.7 Å². The number of carbonyl (C=O) groups excluding carboxylic acids is 1. The van der Waals surface area contributed by atoms with E-state index in [1.165, 1.54) is 25.7 Å². The highest BCUT2D eigenvalue weighted by molar-refractivity contribution is 5.85. The lowest BCUT2D eigenvalue weighted by atomic mass is 9.85. The van der Waals surface area contributed by atoms with Crippen molar-refractivity contribution in [3.05, 3.63) is 30.1 Å². The predicted molar refractivity (Wildman–Crippen MR) is 92.6 cm³/mol. The number of hydrogen-bond acceptors (Lipinski definition) is 3. The third kappa shape index (κ3) is 4.34. The van der Waals surface area contributed by atoms with Gasteiger partial charge < -0.3 is 10.6 Å². The Morgan fingerprint density at radius 1 is 1.36 bits per heavy atom. The molecular weight excluding hydrogens is 321 g/mol. The quantitative estimate of drug-likeness (QED) is 0.885. The molecule has 2 aliphatic rings. The van der Waals surface area contributed by atoms with E-state index in [1.807, 2.05) is 25.3 Å². The fourth-order valence-electron chi connectivity index (χ4n) is 3.55. The summed E-state index contributed by atoms with van der Waals surface area (Å²) in [5, 5.41) is 6.63. The third-order valence-corrected chi connectivity index (χ3v) is 4.72. The third-order valence-electron chi connectivity index (χ3n) is 4.72. The van der Waals surface area contributed by atoms with Crippen LogP contribution in [0.5, 0.6) is 0 Å². The van der Waals surface area contributed by atoms with Crippen molar-refractivity contribution in [1.82, 2.24) is 15.6 Å². The summed E-state index contributed by atoms with van der Waals surface area (Å²) in [6.45, 7) is 2.01. The van der Waals surface area contributed by atoms with Gasteiger partial charge in [-0.3, -0.25) is 9.78 Å². The van der Waals surface area contributed by atoms with Crippen molar-refractivity contribution in [3.63, 3.8) is 0 Å². The van der Waals surface area contributed by atoms with Crippen LogP contribution < -0.4 is 10.6 Å². The molecule has 2 fully saturated rings. The summed E-state index contributed by atoms with van der Waals surface area (Å²) in [5.41, 5.74) is 1.05. The molecular formula is C16H25Cl2N3O. The van der Waals surface area contributed by atoms with Gasteiger partial charge in [-0.15, -0.1) is 24.8 Å². The molecule has 2 heterocycles. The Kier molecular flexibility index (Phi) is 7.60. The van der Waals surface area contributed by atoms with Crippen molar-refractivity contribution in [2.75, 3.05) is 0 Å². The number of carbonyl (C=O) groups is 1. The van der Waals surface area contributed by atoms with E-state index in [0.29, 0.717) is 12.0 Å². The maximum absolute atomic E-state index is 12.4. The second-order valence-corrected chi connectivity index (χ2v) is 6.12. The molecule has 22 heavy (non-hydrogen) atoms. The lowest BCUT2D eigenvalue weighted by molar-refractivity contribution is -0.123. The number of halogens is 2. The Balaban J connectivity index is 0.00000121. The summed E-state index contributed by atoms with van der Waals surface area (Å²) in [7, 11) is 0. The average Bonchev–Trinajstić information content (AvgIpc) is 2.92. The SMILES string of the molecule is C[C@H](NC(=O)C1CC2CCCCC2N1)c1cccnc1.Cl.Cl. The van der Waals surface area contributed by atoms with Crippen LogP contribution in [-0.4, -0.2) is 23.0 Å². The van der Waals surface area contributed by atoms with Crippen LogP contribution in [0, 0.1) is 5.92 Å². The van der Waals surface area contributed by atoms with Crippen molar-refractivity contribution in [2.24, 2.45) is 5.92 Å². The Bertz CT molecular complexity index is 458. The molecule has 1 aromatic rings. The summed E-state index contributed by atoms with van der Waals surface area (Å²) < 4.78 is 0. The van der Waals surface area contributed by atoms with Crippen LogP contribution in [0.3, 0.4) is 0 Å². The summed E-state index contributed by atoms with van der Waals surface area (Å²) in [5.74, 6) is 0.837. The number of pyridine rings is 1. The predicted octanol–water partition coefficient (Wildman–Crippen LogP) is 3.02. The monoisotopic (exact) mass is 345 g/mol. The van der Waals surface area contributed by atoms with E-state index < -0.39 is 0 Å². The van der Waals surface area contributed by atoms with Gasteiger partial charge in [0, 0.05) is 18.4 Å². The highest BCUT2D eigenvalue weighted by atomic mass is 35.5. The summed E-state index contributed by atoms with van der Waals surface area (Å²) in [6, 6.07) is 4.47. The standard InChI is InChI=1S/C16H23N3O.2ClH/c1-11(13-6-4-8-17-10-13)18-16(20)15-9-12-5-2-3-7-14(12)19-15;;/h4,6,8,10-12,14-15,19H,2-3,5,7,9H2,1H3,(H,18,20);2*1H/t11-,12?,14?,15?;;/m0../s1. The van der Waals surface area contributed by atoms with E-state index in [2.05, 4.69) is 15.6 Å². The molecule has 0 radical (unpaired) electrons. The first kappa shape index (κ1) is 19.2. The molecule has 0 spiro atoms. The van der Waals surface area contributed by atoms with Gasteiger partial charge in [0.15, 0.2) is 0 Å². The van der Waals surface area contributed by atoms with Gasteiger partial charge in [-0.05, 0) is 43.7 Å². The first-order valence-electron chi connectivity index (χ1n) is 7.70. The maximum Gasteiger partial charge on any atom is 0.237 e. The van der Waals surface area contributed by atoms with Crippen LogP contribution in [0.4, 0.5) is 0 Å². The lowest BCUT2D eigenvalue weighted by Gasteiger charge is -2.24. The van der Waals surface area contributed by atoms with Gasteiger partial charge >= 0.3 is 0 Å². The van der Waals surface area contributed by atoms with Crippen LogP contribution in [0.15, 0.2) is 24.5 Å². The van der Waals surface area contributed by atoms with Crippen molar-refractivity contribution in [3.8, 4) is 0 Å². The van der Waals surface area contributed by atoms with Crippen molar-refractivity contribution in [2.45, 2.75) is 57.2 Å². The summed E-state index contributed by atoms with van der Waals surface area (Å²) in [6.07, 6.45) is 9.69. The number of hydrogen-bond donors (Lipinski definition) is 2. The molecule has 1 saturated heterocycles. The maximum atomic E-state index is 12.4. The molecule has 6 heteroatoms. The van der Waals surface area contributed by atoms with Crippen LogP contribution in [0.2, 0.25) is 0 Å². The van der Waals surface area contributed by atoms with Crippen LogP contribution >= 0.6 is 24.8 Å². The molecule has 1 aliphatic carbocycles. The molecule has 2 N–H and O–H groups in total. The Morgan fingerprint density at radius 2 is 2.14 bits per heavy atom. The minimum atomic E-state index is -0.0118. The van der Waals surface area contributed by atoms with E-state index in [4.69, 9.17) is 0 Å². The minimum absolute atomic E-state index is 0. The Morgan fingerprint density at radius 3 is 2.82 bits per heavy atom. The van der Waals surface area contributed by atoms with Gasteiger partial charge in [-0.2, -0.15) is 0 Å². The fourth-order valence-corrected chi connectivity index (χ4v) is 3.55. The Labute approximate surface area is 144 Å². The first-order valence-corrected chi connectivity index (χ1v) is 7.70. The van der Waals surface area contributed by atoms with Gasteiger partial charge in [-0.1, -0.05) is 18.9 Å². The van der Waals surface area contributed by atoms with E-state index in [9.17, 15) is 4.79 Å². The second kappa shape index (κ2) is 8.70. The number of rotatable bonds is 3. The fraction of sp³-hybridized carbons (Fsp3) is 0.625. The molecule has 1 amide bonds. The number of nitrogens with zero attached hydrogens (tertiary/aromatic N) is 1. The highest BCUT2D eigenvalue weighted by Crippen LogP contribution is 2.33. The van der Waals surface area contributed by atoms with E-state index in [0.717, 1.165) is 12.0 Å². The molecule has 0 bridgehead atoms. The molecule has 1 saturated carbocycles. The summed E-state index contributed by atoms with van der Waals surface area (Å²) >= 11 is 0. The second-order valence-electron chi connectivity index (χ2n) is 6.12. The molecule has 3 unspecified atom stereocenters. The largest absolute Gasteiger partial charge is 0.348 e. The zero-order valence-corrected chi connectivity index (χ0v) is 14.5. The highest BCUT2D eigenvalue weighted by Gasteiger charge is 2.38. The van der Waals surface area contributed by atoms with E-state index in [-0.39, 0.29) is 42.8 Å². The average molecular weight is 346 g/mol. The van der Waals surface area contributed by atoms with Crippen molar-refractivity contribution in [1.29, 1.82) is 0 Å². The minimum Gasteiger partial charge on any atom is -0.348 e. The zero-order chi connectivity index (χ0) is 13.9. The lowest BCUT2D eigenvalue weighted by Crippen LogP contribution is -2.43. The van der Waals surface area contributed by atoms with Crippen LogP contribution in [-0.2, 0) is 4.79 Å². The van der Waals surface area contributed by atoms with Gasteiger partial charge in [0.25, 0.3) is 0 Å². The molecule has 3 rings (SSSR count). The molecule has 0 aromatic carbocycles. The number of aromatic nitrogens is 1. The molecule has 1 aromatic heterocycles. The smallest absolute Gasteiger partial charge is 0.237 e. The van der Waals surface area contributed by atoms with Crippen LogP contribution in [0.1, 0.15) is 50.6 Å². The number of fused-ring (bicyclic) bond motifs is 1. The molecule has 124 valence electrons. The van der Waals surface area contributed by atoms with Gasteiger partial charge in [0.2, 0.25) is 5.91 Å². The zero-order valence-electron chi connectivity index (χ0n) is 12.8. The van der Waals surface area contributed by atoms with Crippen molar-refractivity contribution < 1.29 is 4.79 Å². The topological polar surface area (TPSA) is 54.0 Å². The number of amides is 1. The van der Waals surface area contributed by atoms with Gasteiger partial charge in [0.05, 0.1) is 12.1 Å². The Hall–Kier alpha value is -0.840. The van der Waals surface area contributed by atoms with E-state index >= 15 is 0 Å². The normalized spacial score (nSPS) is 27.8. The first-order chi connectivity index (χ1) is 9.74. The van der Waals surface area contributed by atoms with Gasteiger partial charge in [-0.25, -0.2) is 0 Å². The molecule has 1 aliphatic heterocycles. The van der Waals surface area contributed by atoms with E-state index in [1.54, 1.807) is 6.20 Å². The van der Waals surface area contributed by atoms with Crippen LogP contribution in [0.25, 0.3) is 0 Å². The van der Waals surface area contributed by atoms with Gasteiger partial charge in [0.1, 0.15) is 0 Å². The number of nitrogens with one attached hydrogen (secondary N) is 2.